The Morgan fingerprint density at radius 2 is 2.00 bits per heavy atom. The van der Waals surface area contributed by atoms with Crippen molar-refractivity contribution in [3.8, 4) is 0 Å². The second-order valence-electron chi connectivity index (χ2n) is 3.29. The van der Waals surface area contributed by atoms with Crippen LogP contribution in [0.25, 0.3) is 0 Å². The number of hydrogen-bond acceptors (Lipinski definition) is 4. The van der Waals surface area contributed by atoms with Gasteiger partial charge in [-0.25, -0.2) is 4.98 Å². The highest BCUT2D eigenvalue weighted by molar-refractivity contribution is 5.48. The van der Waals surface area contributed by atoms with Gasteiger partial charge in [-0.1, -0.05) is 0 Å². The molecule has 0 saturated carbocycles. The Labute approximate surface area is 84.7 Å². The van der Waals surface area contributed by atoms with Gasteiger partial charge in [0.25, 0.3) is 0 Å². The summed E-state index contributed by atoms with van der Waals surface area (Å²) in [5, 5.41) is 2.57. The van der Waals surface area contributed by atoms with Crippen LogP contribution in [-0.2, 0) is 6.18 Å². The minimum atomic E-state index is -4.48. The molecule has 0 radical (unpaired) electrons. The van der Waals surface area contributed by atoms with E-state index in [2.05, 4.69) is 15.3 Å². The molecule has 15 heavy (non-hydrogen) atoms. The SMILES string of the molecule is CC(C)Nc1nc(N)ncc1C(F)(F)F. The Morgan fingerprint density at radius 1 is 1.40 bits per heavy atom. The number of rotatable bonds is 2. The summed E-state index contributed by atoms with van der Waals surface area (Å²) in [4.78, 5) is 6.84. The van der Waals surface area contributed by atoms with Gasteiger partial charge >= 0.3 is 6.18 Å². The first-order valence-electron chi connectivity index (χ1n) is 4.27. The molecule has 0 aliphatic carbocycles. The molecule has 4 nitrogen and oxygen atoms in total. The zero-order valence-corrected chi connectivity index (χ0v) is 8.26. The average molecular weight is 220 g/mol. The van der Waals surface area contributed by atoms with E-state index in [4.69, 9.17) is 5.73 Å². The van der Waals surface area contributed by atoms with Crippen LogP contribution in [0, 0.1) is 0 Å². The second-order valence-corrected chi connectivity index (χ2v) is 3.29. The molecule has 3 N–H and O–H groups in total. The van der Waals surface area contributed by atoms with E-state index >= 15 is 0 Å². The molecule has 1 aromatic heterocycles. The number of nitrogen functional groups attached to an aromatic ring is 1. The van der Waals surface area contributed by atoms with Gasteiger partial charge in [0.15, 0.2) is 0 Å². The van der Waals surface area contributed by atoms with Gasteiger partial charge in [0.2, 0.25) is 5.95 Å². The van der Waals surface area contributed by atoms with Crippen LogP contribution in [-0.4, -0.2) is 16.0 Å². The normalized spacial score (nSPS) is 11.9. The summed E-state index contributed by atoms with van der Waals surface area (Å²) < 4.78 is 37.4. The Morgan fingerprint density at radius 3 is 2.47 bits per heavy atom. The van der Waals surface area contributed by atoms with E-state index in [1.165, 1.54) is 0 Å². The molecule has 0 aromatic carbocycles. The van der Waals surface area contributed by atoms with Gasteiger partial charge in [-0.2, -0.15) is 18.2 Å². The molecule has 1 aromatic rings. The molecular formula is C8H11F3N4. The maximum atomic E-state index is 12.5. The fraction of sp³-hybridized carbons (Fsp3) is 0.500. The molecule has 0 saturated heterocycles. The summed E-state index contributed by atoms with van der Waals surface area (Å²) >= 11 is 0. The predicted molar refractivity (Wildman–Crippen MR) is 50.2 cm³/mol. The molecule has 0 aliphatic rings. The summed E-state index contributed by atoms with van der Waals surface area (Å²) in [6.45, 7) is 3.41. The van der Waals surface area contributed by atoms with E-state index in [-0.39, 0.29) is 17.8 Å². The molecule has 0 bridgehead atoms. The molecule has 0 unspecified atom stereocenters. The first-order chi connectivity index (χ1) is 6.80. The van der Waals surface area contributed by atoms with Crippen molar-refractivity contribution in [2.45, 2.75) is 26.1 Å². The van der Waals surface area contributed by atoms with Crippen molar-refractivity contribution in [3.63, 3.8) is 0 Å². The first kappa shape index (κ1) is 11.5. The van der Waals surface area contributed by atoms with Crippen molar-refractivity contribution in [1.29, 1.82) is 0 Å². The molecule has 7 heteroatoms. The maximum Gasteiger partial charge on any atom is 0.421 e. The number of nitrogens with two attached hydrogens (primary N) is 1. The van der Waals surface area contributed by atoms with Crippen molar-refractivity contribution in [2.75, 3.05) is 11.1 Å². The molecule has 1 rings (SSSR count). The van der Waals surface area contributed by atoms with Crippen LogP contribution >= 0.6 is 0 Å². The van der Waals surface area contributed by atoms with Crippen molar-refractivity contribution in [3.05, 3.63) is 11.8 Å². The summed E-state index contributed by atoms with van der Waals surface area (Å²) in [6, 6.07) is -0.166. The Hall–Kier alpha value is -1.53. The number of hydrogen-bond donors (Lipinski definition) is 2. The van der Waals surface area contributed by atoms with Gasteiger partial charge < -0.3 is 11.1 Å². The van der Waals surface area contributed by atoms with Crippen LogP contribution in [0.15, 0.2) is 6.20 Å². The fourth-order valence-corrected chi connectivity index (χ4v) is 0.986. The third-order valence-electron chi connectivity index (χ3n) is 1.54. The van der Waals surface area contributed by atoms with E-state index in [0.717, 1.165) is 0 Å². The van der Waals surface area contributed by atoms with Crippen LogP contribution < -0.4 is 11.1 Å². The molecule has 84 valence electrons. The number of halogens is 3. The molecule has 0 atom stereocenters. The molecule has 0 aliphatic heterocycles. The van der Waals surface area contributed by atoms with E-state index in [9.17, 15) is 13.2 Å². The lowest BCUT2D eigenvalue weighted by Gasteiger charge is -2.15. The van der Waals surface area contributed by atoms with Gasteiger partial charge in [-0.15, -0.1) is 0 Å². The zero-order valence-electron chi connectivity index (χ0n) is 8.26. The van der Waals surface area contributed by atoms with E-state index in [1.54, 1.807) is 13.8 Å². The summed E-state index contributed by atoms with van der Waals surface area (Å²) in [6.07, 6.45) is -3.81. The predicted octanol–water partition coefficient (Wildman–Crippen LogP) is 1.90. The third-order valence-corrected chi connectivity index (χ3v) is 1.54. The Kier molecular flexibility index (Phi) is 3.01. The molecule has 0 spiro atoms. The van der Waals surface area contributed by atoms with Gasteiger partial charge in [-0.05, 0) is 13.8 Å². The smallest absolute Gasteiger partial charge is 0.368 e. The zero-order chi connectivity index (χ0) is 11.6. The van der Waals surface area contributed by atoms with Crippen LogP contribution in [0.3, 0.4) is 0 Å². The number of nitrogens with one attached hydrogen (secondary N) is 1. The lowest BCUT2D eigenvalue weighted by molar-refractivity contribution is -0.137. The van der Waals surface area contributed by atoms with Crippen molar-refractivity contribution in [1.82, 2.24) is 9.97 Å². The second kappa shape index (κ2) is 3.92. The Bertz CT molecular complexity index is 348. The Balaban J connectivity index is 3.15. The third kappa shape index (κ3) is 2.97. The quantitative estimate of drug-likeness (QED) is 0.798. The van der Waals surface area contributed by atoms with E-state index in [0.29, 0.717) is 6.20 Å². The monoisotopic (exact) mass is 220 g/mol. The number of nitrogens with zero attached hydrogens (tertiary/aromatic N) is 2. The lowest BCUT2D eigenvalue weighted by Crippen LogP contribution is -2.18. The fourth-order valence-electron chi connectivity index (χ4n) is 0.986. The van der Waals surface area contributed by atoms with Crippen LogP contribution in [0.2, 0.25) is 0 Å². The number of anilines is 2. The number of aromatic nitrogens is 2. The summed E-state index contributed by atoms with van der Waals surface area (Å²) in [7, 11) is 0. The number of alkyl halides is 3. The molecule has 1 heterocycles. The van der Waals surface area contributed by atoms with Gasteiger partial charge in [0.05, 0.1) is 0 Å². The van der Waals surface area contributed by atoms with Crippen molar-refractivity contribution < 1.29 is 13.2 Å². The van der Waals surface area contributed by atoms with Crippen molar-refractivity contribution in [2.24, 2.45) is 0 Å². The maximum absolute atomic E-state index is 12.5. The van der Waals surface area contributed by atoms with Crippen molar-refractivity contribution >= 4 is 11.8 Å². The van der Waals surface area contributed by atoms with Gasteiger partial charge in [0.1, 0.15) is 11.4 Å². The highest BCUT2D eigenvalue weighted by Crippen LogP contribution is 2.33. The minimum Gasteiger partial charge on any atom is -0.368 e. The highest BCUT2D eigenvalue weighted by atomic mass is 19.4. The largest absolute Gasteiger partial charge is 0.421 e. The van der Waals surface area contributed by atoms with Gasteiger partial charge in [-0.3, -0.25) is 0 Å². The van der Waals surface area contributed by atoms with Gasteiger partial charge in [0, 0.05) is 12.2 Å². The van der Waals surface area contributed by atoms with Crippen LogP contribution in [0.1, 0.15) is 19.4 Å². The topological polar surface area (TPSA) is 63.8 Å². The molecular weight excluding hydrogens is 209 g/mol. The molecule has 0 amide bonds. The van der Waals surface area contributed by atoms with Crippen LogP contribution in [0.4, 0.5) is 24.9 Å². The van der Waals surface area contributed by atoms with E-state index < -0.39 is 11.7 Å². The van der Waals surface area contributed by atoms with E-state index in [1.807, 2.05) is 0 Å². The lowest BCUT2D eigenvalue weighted by atomic mass is 10.2. The first-order valence-corrected chi connectivity index (χ1v) is 4.27. The summed E-state index contributed by atoms with van der Waals surface area (Å²) in [5.74, 6) is -0.476. The standard InChI is InChI=1S/C8H11F3N4/c1-4(2)14-6-5(8(9,10)11)3-13-7(12)15-6/h3-4H,1-2H3,(H3,12,13,14,15). The van der Waals surface area contributed by atoms with Crippen LogP contribution in [0.5, 0.6) is 0 Å². The highest BCUT2D eigenvalue weighted by Gasteiger charge is 2.35. The summed E-state index contributed by atoms with van der Waals surface area (Å²) in [5.41, 5.74) is 4.31. The average Bonchev–Trinajstić information content (AvgIpc) is 1.99. The minimum absolute atomic E-state index is 0.166. The molecule has 0 fully saturated rings.